The summed E-state index contributed by atoms with van der Waals surface area (Å²) in [6.07, 6.45) is 0.813. The normalized spacial score (nSPS) is 10.4. The van der Waals surface area contributed by atoms with Gasteiger partial charge in [0.2, 0.25) is 0 Å². The van der Waals surface area contributed by atoms with Crippen LogP contribution in [-0.2, 0) is 13.5 Å². The third-order valence-corrected chi connectivity index (χ3v) is 2.69. The van der Waals surface area contributed by atoms with Crippen LogP contribution in [0.2, 0.25) is 0 Å². The van der Waals surface area contributed by atoms with Crippen LogP contribution in [0.3, 0.4) is 0 Å². The van der Waals surface area contributed by atoms with E-state index in [2.05, 4.69) is 11.9 Å². The van der Waals surface area contributed by atoms with Crippen molar-refractivity contribution in [3.05, 3.63) is 22.1 Å². The predicted molar refractivity (Wildman–Crippen MR) is 55.3 cm³/mol. The van der Waals surface area contributed by atoms with Gasteiger partial charge in [0.25, 0.3) is 5.56 Å². The Balaban J connectivity index is 3.17. The van der Waals surface area contributed by atoms with E-state index in [0.717, 1.165) is 23.0 Å². The highest BCUT2D eigenvalue weighted by Gasteiger charge is 2.03. The number of hydrogen-bond acceptors (Lipinski definition) is 3. The fourth-order valence-corrected chi connectivity index (χ4v) is 1.73. The Labute approximate surface area is 82.2 Å². The van der Waals surface area contributed by atoms with E-state index in [4.69, 9.17) is 0 Å². The van der Waals surface area contributed by atoms with Crippen LogP contribution in [0, 0.1) is 0 Å². The van der Waals surface area contributed by atoms with Crippen LogP contribution < -0.4 is 5.56 Å². The van der Waals surface area contributed by atoms with Crippen molar-refractivity contribution in [2.75, 3.05) is 5.75 Å². The molecule has 0 aliphatic heterocycles. The lowest BCUT2D eigenvalue weighted by Gasteiger charge is -2.06. The molecule has 1 aromatic rings. The SMILES string of the molecule is CCSc1nc(CC)cc(=O)n1C. The van der Waals surface area contributed by atoms with E-state index in [9.17, 15) is 4.79 Å². The Morgan fingerprint density at radius 3 is 2.77 bits per heavy atom. The Kier molecular flexibility index (Phi) is 3.54. The summed E-state index contributed by atoms with van der Waals surface area (Å²) in [4.78, 5) is 15.8. The van der Waals surface area contributed by atoms with Crippen LogP contribution in [0.15, 0.2) is 16.0 Å². The van der Waals surface area contributed by atoms with Crippen LogP contribution in [0.4, 0.5) is 0 Å². The van der Waals surface area contributed by atoms with Gasteiger partial charge in [-0.3, -0.25) is 9.36 Å². The topological polar surface area (TPSA) is 34.9 Å². The molecule has 0 N–H and O–H groups in total. The zero-order valence-electron chi connectivity index (χ0n) is 8.20. The van der Waals surface area contributed by atoms with Gasteiger partial charge in [-0.1, -0.05) is 25.6 Å². The Morgan fingerprint density at radius 1 is 1.54 bits per heavy atom. The largest absolute Gasteiger partial charge is 0.291 e. The summed E-state index contributed by atoms with van der Waals surface area (Å²) >= 11 is 1.60. The summed E-state index contributed by atoms with van der Waals surface area (Å²) in [5.74, 6) is 0.938. The number of thioether (sulfide) groups is 1. The summed E-state index contributed by atoms with van der Waals surface area (Å²) in [5, 5.41) is 0.812. The molecule has 0 fully saturated rings. The minimum Gasteiger partial charge on any atom is -0.291 e. The van der Waals surface area contributed by atoms with Crippen molar-refractivity contribution >= 4 is 11.8 Å². The second kappa shape index (κ2) is 4.46. The van der Waals surface area contributed by atoms with E-state index in [1.807, 2.05) is 6.92 Å². The molecule has 1 rings (SSSR count). The van der Waals surface area contributed by atoms with Crippen molar-refractivity contribution in [1.82, 2.24) is 9.55 Å². The molecular weight excluding hydrogens is 184 g/mol. The first-order chi connectivity index (χ1) is 6.19. The molecule has 13 heavy (non-hydrogen) atoms. The molecule has 0 aliphatic rings. The van der Waals surface area contributed by atoms with Gasteiger partial charge in [0, 0.05) is 18.8 Å². The van der Waals surface area contributed by atoms with E-state index in [-0.39, 0.29) is 5.56 Å². The van der Waals surface area contributed by atoms with Crippen LogP contribution in [-0.4, -0.2) is 15.3 Å². The highest BCUT2D eigenvalue weighted by molar-refractivity contribution is 7.99. The zero-order chi connectivity index (χ0) is 9.84. The maximum atomic E-state index is 11.4. The molecule has 0 unspecified atom stereocenters. The van der Waals surface area contributed by atoms with Gasteiger partial charge in [-0.25, -0.2) is 4.98 Å². The highest BCUT2D eigenvalue weighted by atomic mass is 32.2. The monoisotopic (exact) mass is 198 g/mol. The molecule has 0 bridgehead atoms. The van der Waals surface area contributed by atoms with Crippen molar-refractivity contribution < 1.29 is 0 Å². The predicted octanol–water partition coefficient (Wildman–Crippen LogP) is 1.45. The standard InChI is InChI=1S/C9H14N2OS/c1-4-7-6-8(12)11(3)9(10-7)13-5-2/h6H,4-5H2,1-3H3. The fraction of sp³-hybridized carbons (Fsp3) is 0.556. The van der Waals surface area contributed by atoms with Gasteiger partial charge in [-0.2, -0.15) is 0 Å². The summed E-state index contributed by atoms with van der Waals surface area (Å²) < 4.78 is 1.59. The van der Waals surface area contributed by atoms with E-state index in [0.29, 0.717) is 0 Å². The molecule has 0 radical (unpaired) electrons. The van der Waals surface area contributed by atoms with Crippen molar-refractivity contribution in [2.24, 2.45) is 7.05 Å². The summed E-state index contributed by atoms with van der Waals surface area (Å²) in [6, 6.07) is 1.60. The number of hydrogen-bond donors (Lipinski definition) is 0. The highest BCUT2D eigenvalue weighted by Crippen LogP contribution is 2.12. The molecule has 0 spiro atoms. The average molecular weight is 198 g/mol. The lowest BCUT2D eigenvalue weighted by molar-refractivity contribution is 0.691. The van der Waals surface area contributed by atoms with Crippen LogP contribution in [0.25, 0.3) is 0 Å². The maximum absolute atomic E-state index is 11.4. The van der Waals surface area contributed by atoms with Crippen LogP contribution >= 0.6 is 11.8 Å². The van der Waals surface area contributed by atoms with E-state index >= 15 is 0 Å². The van der Waals surface area contributed by atoms with Gasteiger partial charge in [-0.15, -0.1) is 0 Å². The van der Waals surface area contributed by atoms with Gasteiger partial charge in [0.15, 0.2) is 5.16 Å². The third-order valence-electron chi connectivity index (χ3n) is 1.78. The lowest BCUT2D eigenvalue weighted by Crippen LogP contribution is -2.20. The summed E-state index contributed by atoms with van der Waals surface area (Å²) in [5.41, 5.74) is 0.904. The van der Waals surface area contributed by atoms with E-state index in [1.165, 1.54) is 0 Å². The van der Waals surface area contributed by atoms with Gasteiger partial charge < -0.3 is 0 Å². The van der Waals surface area contributed by atoms with Gasteiger partial charge in [0.1, 0.15) is 0 Å². The van der Waals surface area contributed by atoms with E-state index in [1.54, 1.807) is 29.4 Å². The molecule has 0 saturated heterocycles. The number of aryl methyl sites for hydroxylation is 1. The van der Waals surface area contributed by atoms with Gasteiger partial charge in [0.05, 0.1) is 0 Å². The smallest absolute Gasteiger partial charge is 0.254 e. The first-order valence-corrected chi connectivity index (χ1v) is 5.37. The number of rotatable bonds is 3. The second-order valence-corrected chi connectivity index (χ2v) is 3.95. The molecule has 4 heteroatoms. The first-order valence-electron chi connectivity index (χ1n) is 4.38. The maximum Gasteiger partial charge on any atom is 0.254 e. The molecule has 1 heterocycles. The molecule has 1 aromatic heterocycles. The average Bonchev–Trinajstić information content (AvgIpc) is 2.13. The van der Waals surface area contributed by atoms with Gasteiger partial charge >= 0.3 is 0 Å². The van der Waals surface area contributed by atoms with Crippen molar-refractivity contribution in [1.29, 1.82) is 0 Å². The Bertz CT molecular complexity index is 346. The Morgan fingerprint density at radius 2 is 2.23 bits per heavy atom. The second-order valence-electron chi connectivity index (χ2n) is 2.71. The molecule has 72 valence electrons. The fourth-order valence-electron chi connectivity index (χ4n) is 1.00. The van der Waals surface area contributed by atoms with Crippen LogP contribution in [0.1, 0.15) is 19.5 Å². The molecular formula is C9H14N2OS. The van der Waals surface area contributed by atoms with Crippen molar-refractivity contribution in [2.45, 2.75) is 25.4 Å². The number of nitrogens with zero attached hydrogens (tertiary/aromatic N) is 2. The van der Waals surface area contributed by atoms with Crippen molar-refractivity contribution in [3.8, 4) is 0 Å². The quantitative estimate of drug-likeness (QED) is 0.544. The summed E-state index contributed by atoms with van der Waals surface area (Å²) in [6.45, 7) is 4.05. The zero-order valence-corrected chi connectivity index (χ0v) is 9.02. The summed E-state index contributed by atoms with van der Waals surface area (Å²) in [7, 11) is 1.76. The molecule has 0 atom stereocenters. The molecule has 0 amide bonds. The minimum absolute atomic E-state index is 0.0304. The molecule has 0 aromatic carbocycles. The van der Waals surface area contributed by atoms with Crippen molar-refractivity contribution in [3.63, 3.8) is 0 Å². The van der Waals surface area contributed by atoms with E-state index < -0.39 is 0 Å². The number of aromatic nitrogens is 2. The molecule has 3 nitrogen and oxygen atoms in total. The Hall–Kier alpha value is -0.770. The lowest BCUT2D eigenvalue weighted by atomic mass is 10.3. The molecule has 0 aliphatic carbocycles. The molecule has 0 saturated carbocycles. The third kappa shape index (κ3) is 2.34. The first kappa shape index (κ1) is 10.3. The van der Waals surface area contributed by atoms with Crippen LogP contribution in [0.5, 0.6) is 0 Å². The minimum atomic E-state index is 0.0304. The van der Waals surface area contributed by atoms with Gasteiger partial charge in [-0.05, 0) is 12.2 Å².